The molecule has 0 spiro atoms. The topological polar surface area (TPSA) is 69.4 Å². The summed E-state index contributed by atoms with van der Waals surface area (Å²) in [6, 6.07) is 0. The quantitative estimate of drug-likeness (QED) is 0.788. The number of carbonyl (C=O) groups is 1. The Bertz CT molecular complexity index is 587. The summed E-state index contributed by atoms with van der Waals surface area (Å²) in [5.41, 5.74) is 0. The van der Waals surface area contributed by atoms with Crippen LogP contribution in [0.3, 0.4) is 0 Å². The summed E-state index contributed by atoms with van der Waals surface area (Å²) in [5, 5.41) is 13.4. The maximum absolute atomic E-state index is 11.7. The first kappa shape index (κ1) is 11.6. The van der Waals surface area contributed by atoms with Crippen LogP contribution in [0.15, 0.2) is 0 Å². The minimum absolute atomic E-state index is 0.240. The van der Waals surface area contributed by atoms with Crippen LogP contribution >= 0.6 is 11.3 Å². The minimum atomic E-state index is -0.344. The summed E-state index contributed by atoms with van der Waals surface area (Å²) < 4.78 is 6.77. The van der Waals surface area contributed by atoms with Crippen molar-refractivity contribution in [3.8, 4) is 0 Å². The molecular weight excluding hydrogens is 252 g/mol. The lowest BCUT2D eigenvalue weighted by Crippen LogP contribution is -2.13. The average Bonchev–Trinajstić information content (AvgIpc) is 2.98. The highest BCUT2D eigenvalue weighted by molar-refractivity contribution is 7.16. The molecule has 0 N–H and O–H groups in total. The molecule has 0 aromatic carbocycles. The number of aromatic nitrogens is 4. The monoisotopic (exact) mass is 266 g/mol. The van der Waals surface area contributed by atoms with Crippen LogP contribution in [0.5, 0.6) is 0 Å². The first-order chi connectivity index (χ1) is 8.70. The zero-order valence-electron chi connectivity index (χ0n) is 10.3. The number of hydrogen-bond donors (Lipinski definition) is 0. The molecule has 1 unspecified atom stereocenters. The van der Waals surface area contributed by atoms with Gasteiger partial charge in [-0.25, -0.2) is 0 Å². The molecule has 7 heteroatoms. The molecule has 96 valence electrons. The summed E-state index contributed by atoms with van der Waals surface area (Å²) in [6.45, 7) is 4.00. The van der Waals surface area contributed by atoms with Gasteiger partial charge in [0.1, 0.15) is 10.9 Å². The van der Waals surface area contributed by atoms with E-state index in [0.717, 1.165) is 28.6 Å². The summed E-state index contributed by atoms with van der Waals surface area (Å²) in [5.74, 6) is 0.829. The molecule has 0 saturated heterocycles. The van der Waals surface area contributed by atoms with Crippen LogP contribution in [0, 0.1) is 0 Å². The third-order valence-corrected chi connectivity index (χ3v) is 4.07. The highest BCUT2D eigenvalue weighted by atomic mass is 32.1. The molecule has 1 saturated carbocycles. The lowest BCUT2D eigenvalue weighted by molar-refractivity contribution is -0.144. The fraction of sp³-hybridized carbons (Fsp3) is 0.636. The van der Waals surface area contributed by atoms with E-state index in [1.807, 2.05) is 0 Å². The predicted molar refractivity (Wildman–Crippen MR) is 65.7 cm³/mol. The number of rotatable bonds is 4. The van der Waals surface area contributed by atoms with Crippen molar-refractivity contribution in [1.29, 1.82) is 0 Å². The summed E-state index contributed by atoms with van der Waals surface area (Å²) in [6.07, 6.45) is 2.31. The summed E-state index contributed by atoms with van der Waals surface area (Å²) >= 11 is 1.40. The molecule has 2 aromatic rings. The van der Waals surface area contributed by atoms with E-state index in [1.165, 1.54) is 11.3 Å². The first-order valence-corrected chi connectivity index (χ1v) is 6.91. The fourth-order valence-electron chi connectivity index (χ4n) is 1.79. The van der Waals surface area contributed by atoms with Crippen LogP contribution in [0.1, 0.15) is 49.4 Å². The molecule has 0 radical (unpaired) electrons. The molecule has 6 nitrogen and oxygen atoms in total. The van der Waals surface area contributed by atoms with Gasteiger partial charge in [0.2, 0.25) is 4.96 Å². The third kappa shape index (κ3) is 1.88. The van der Waals surface area contributed by atoms with E-state index >= 15 is 0 Å². The molecule has 3 rings (SSSR count). The molecule has 1 atom stereocenters. The number of esters is 1. The molecule has 1 fully saturated rings. The van der Waals surface area contributed by atoms with Gasteiger partial charge in [-0.05, 0) is 26.7 Å². The number of ether oxygens (including phenoxy) is 1. The second-order valence-corrected chi connectivity index (χ2v) is 5.43. The van der Waals surface area contributed by atoms with Crippen LogP contribution in [0.2, 0.25) is 0 Å². The van der Waals surface area contributed by atoms with Crippen molar-refractivity contribution in [3.63, 3.8) is 0 Å². The van der Waals surface area contributed by atoms with E-state index in [4.69, 9.17) is 4.74 Å². The Morgan fingerprint density at radius 2 is 2.33 bits per heavy atom. The zero-order chi connectivity index (χ0) is 12.7. The molecule has 0 amide bonds. The molecule has 1 aliphatic carbocycles. The van der Waals surface area contributed by atoms with Crippen LogP contribution < -0.4 is 0 Å². The van der Waals surface area contributed by atoms with Gasteiger partial charge >= 0.3 is 5.97 Å². The normalized spacial score (nSPS) is 17.0. The Balaban J connectivity index is 1.90. The van der Waals surface area contributed by atoms with Crippen LogP contribution in [0.25, 0.3) is 4.96 Å². The number of nitrogens with zero attached hydrogens (tertiary/aromatic N) is 4. The standard InChI is InChI=1S/C11H14N4O2S/c1-3-17-10(16)6(2)9-14-15-8(7-4-5-7)12-13-11(15)18-9/h6-7H,3-5H2,1-2H3. The molecule has 0 bridgehead atoms. The smallest absolute Gasteiger partial charge is 0.315 e. The van der Waals surface area contributed by atoms with Gasteiger partial charge in [-0.2, -0.15) is 9.61 Å². The Morgan fingerprint density at radius 1 is 1.56 bits per heavy atom. The number of hydrogen-bond acceptors (Lipinski definition) is 6. The van der Waals surface area contributed by atoms with Gasteiger partial charge in [0, 0.05) is 5.92 Å². The van der Waals surface area contributed by atoms with Gasteiger partial charge in [0.25, 0.3) is 0 Å². The zero-order valence-corrected chi connectivity index (χ0v) is 11.1. The Kier molecular flexibility index (Phi) is 2.77. The average molecular weight is 266 g/mol. The first-order valence-electron chi connectivity index (χ1n) is 6.09. The van der Waals surface area contributed by atoms with Crippen LogP contribution in [0.4, 0.5) is 0 Å². The van der Waals surface area contributed by atoms with Crippen molar-refractivity contribution < 1.29 is 9.53 Å². The SMILES string of the molecule is CCOC(=O)C(C)c1nn2c(C3CC3)nnc2s1. The maximum Gasteiger partial charge on any atom is 0.315 e. The maximum atomic E-state index is 11.7. The second-order valence-electron chi connectivity index (χ2n) is 4.44. The Hall–Kier alpha value is -1.50. The lowest BCUT2D eigenvalue weighted by Gasteiger charge is -2.05. The van der Waals surface area contributed by atoms with Crippen molar-refractivity contribution >= 4 is 22.3 Å². The fourth-order valence-corrected chi connectivity index (χ4v) is 2.67. The van der Waals surface area contributed by atoms with Gasteiger partial charge < -0.3 is 4.74 Å². The van der Waals surface area contributed by atoms with Crippen molar-refractivity contribution in [2.75, 3.05) is 6.61 Å². The highest BCUT2D eigenvalue weighted by Gasteiger charge is 2.31. The van der Waals surface area contributed by atoms with Crippen molar-refractivity contribution in [2.24, 2.45) is 0 Å². The minimum Gasteiger partial charge on any atom is -0.465 e. The highest BCUT2D eigenvalue weighted by Crippen LogP contribution is 2.39. The number of fused-ring (bicyclic) bond motifs is 1. The summed E-state index contributed by atoms with van der Waals surface area (Å²) in [7, 11) is 0. The van der Waals surface area contributed by atoms with Gasteiger partial charge in [0.05, 0.1) is 6.61 Å². The Morgan fingerprint density at radius 3 is 3.00 bits per heavy atom. The Labute approximate surface area is 108 Å². The predicted octanol–water partition coefficient (Wildman–Crippen LogP) is 1.73. The number of carbonyl (C=O) groups excluding carboxylic acids is 1. The van der Waals surface area contributed by atoms with Gasteiger partial charge in [-0.15, -0.1) is 10.2 Å². The van der Waals surface area contributed by atoms with Gasteiger partial charge in [-0.3, -0.25) is 4.79 Å². The summed E-state index contributed by atoms with van der Waals surface area (Å²) in [4.78, 5) is 12.4. The molecule has 0 aliphatic heterocycles. The van der Waals surface area contributed by atoms with Crippen LogP contribution in [-0.2, 0) is 9.53 Å². The molecular formula is C11H14N4O2S. The van der Waals surface area contributed by atoms with E-state index in [1.54, 1.807) is 18.4 Å². The largest absolute Gasteiger partial charge is 0.465 e. The second kappa shape index (κ2) is 4.31. The van der Waals surface area contributed by atoms with E-state index in [2.05, 4.69) is 15.3 Å². The van der Waals surface area contributed by atoms with Gasteiger partial charge in [-0.1, -0.05) is 11.3 Å². The van der Waals surface area contributed by atoms with Gasteiger partial charge in [0.15, 0.2) is 5.82 Å². The van der Waals surface area contributed by atoms with Crippen molar-refractivity contribution in [2.45, 2.75) is 38.5 Å². The molecule has 18 heavy (non-hydrogen) atoms. The van der Waals surface area contributed by atoms with E-state index in [0.29, 0.717) is 12.5 Å². The van der Waals surface area contributed by atoms with Crippen molar-refractivity contribution in [3.05, 3.63) is 10.8 Å². The van der Waals surface area contributed by atoms with Crippen LogP contribution in [-0.4, -0.2) is 32.4 Å². The molecule has 2 aromatic heterocycles. The molecule has 1 aliphatic rings. The lowest BCUT2D eigenvalue weighted by atomic mass is 10.2. The molecule has 2 heterocycles. The van der Waals surface area contributed by atoms with Crippen molar-refractivity contribution in [1.82, 2.24) is 19.8 Å². The third-order valence-electron chi connectivity index (χ3n) is 2.98. The van der Waals surface area contributed by atoms with E-state index < -0.39 is 0 Å². The van der Waals surface area contributed by atoms with E-state index in [-0.39, 0.29) is 11.9 Å². The van der Waals surface area contributed by atoms with E-state index in [9.17, 15) is 4.79 Å².